The molecule has 9 heteroatoms. The average molecular weight is 397 g/mol. The number of hydrogen-bond acceptors (Lipinski definition) is 3. The normalized spacial score (nSPS) is 11.4. The summed E-state index contributed by atoms with van der Waals surface area (Å²) in [7, 11) is 0. The number of rotatable bonds is 4. The Morgan fingerprint density at radius 2 is 1.85 bits per heavy atom. The maximum absolute atomic E-state index is 13.0. The van der Waals surface area contributed by atoms with Crippen LogP contribution in [0, 0.1) is 0 Å². The summed E-state index contributed by atoms with van der Waals surface area (Å²) in [5.41, 5.74) is -0.752. The van der Waals surface area contributed by atoms with Crippen molar-refractivity contribution < 1.29 is 27.5 Å². The molecule has 0 atom stereocenters. The number of aromatic nitrogens is 1. The number of benzene rings is 2. The van der Waals surface area contributed by atoms with Crippen molar-refractivity contribution in [3.63, 3.8) is 0 Å². The highest BCUT2D eigenvalue weighted by atomic mass is 35.5. The topological polar surface area (TPSA) is 71.2 Å². The van der Waals surface area contributed by atoms with Crippen molar-refractivity contribution in [2.45, 2.75) is 6.18 Å². The van der Waals surface area contributed by atoms with Crippen LogP contribution in [-0.4, -0.2) is 23.5 Å². The molecule has 27 heavy (non-hydrogen) atoms. The molecule has 0 spiro atoms. The van der Waals surface area contributed by atoms with Gasteiger partial charge >= 0.3 is 12.1 Å². The predicted molar refractivity (Wildman–Crippen MR) is 93.7 cm³/mol. The van der Waals surface area contributed by atoms with Crippen LogP contribution in [0.25, 0.3) is 10.9 Å². The molecule has 1 aromatic heterocycles. The Kier molecular flexibility index (Phi) is 5.09. The maximum Gasteiger partial charge on any atom is 0.418 e. The molecule has 0 radical (unpaired) electrons. The highest BCUT2D eigenvalue weighted by Crippen LogP contribution is 2.38. The van der Waals surface area contributed by atoms with Crippen LogP contribution < -0.4 is 5.32 Å². The minimum absolute atomic E-state index is 0.215. The lowest BCUT2D eigenvalue weighted by molar-refractivity contribution is -0.137. The van der Waals surface area contributed by atoms with Crippen LogP contribution in [0.5, 0.6) is 0 Å². The maximum atomic E-state index is 13.0. The Morgan fingerprint density at radius 3 is 2.59 bits per heavy atom. The molecule has 0 aliphatic carbocycles. The molecule has 140 valence electrons. The van der Waals surface area contributed by atoms with Crippen molar-refractivity contribution >= 4 is 40.1 Å². The summed E-state index contributed by atoms with van der Waals surface area (Å²) in [4.78, 5) is 27.0. The number of hydrogen-bond donors (Lipinski definition) is 2. The molecular formula is C18H12ClF3N2O3. The highest BCUT2D eigenvalue weighted by molar-refractivity contribution is 6.34. The first-order chi connectivity index (χ1) is 12.8. The second kappa shape index (κ2) is 7.32. The Balaban J connectivity index is 1.70. The fourth-order valence-corrected chi connectivity index (χ4v) is 2.73. The van der Waals surface area contributed by atoms with E-state index in [1.54, 1.807) is 24.3 Å². The SMILES string of the molecule is O=C(COC(=O)c1c[nH]c2ccccc12)Nc1c(Cl)cccc1C(F)(F)F. The first kappa shape index (κ1) is 18.8. The molecule has 3 aromatic rings. The number of ether oxygens (including phenoxy) is 1. The van der Waals surface area contributed by atoms with E-state index in [0.717, 1.165) is 12.1 Å². The number of para-hydroxylation sites is 2. The first-order valence-corrected chi connectivity index (χ1v) is 8.04. The van der Waals surface area contributed by atoms with E-state index in [2.05, 4.69) is 4.98 Å². The van der Waals surface area contributed by atoms with E-state index >= 15 is 0 Å². The van der Waals surface area contributed by atoms with Gasteiger partial charge in [-0.1, -0.05) is 35.9 Å². The summed E-state index contributed by atoms with van der Waals surface area (Å²) in [6, 6.07) is 10.1. The van der Waals surface area contributed by atoms with Gasteiger partial charge in [-0.05, 0) is 18.2 Å². The van der Waals surface area contributed by atoms with Gasteiger partial charge in [0, 0.05) is 17.1 Å². The highest BCUT2D eigenvalue weighted by Gasteiger charge is 2.34. The monoisotopic (exact) mass is 396 g/mol. The van der Waals surface area contributed by atoms with Gasteiger partial charge in [-0.15, -0.1) is 0 Å². The molecule has 1 amide bonds. The van der Waals surface area contributed by atoms with Gasteiger partial charge in [0.2, 0.25) is 0 Å². The zero-order valence-corrected chi connectivity index (χ0v) is 14.3. The molecule has 0 saturated carbocycles. The second-order valence-corrected chi connectivity index (χ2v) is 5.94. The van der Waals surface area contributed by atoms with Gasteiger partial charge in [-0.2, -0.15) is 13.2 Å². The standard InChI is InChI=1S/C18H12ClF3N2O3/c19-13-6-3-5-12(18(20,21)22)16(13)24-15(25)9-27-17(26)11-8-23-14-7-2-1-4-10(11)14/h1-8,23H,9H2,(H,24,25). The van der Waals surface area contributed by atoms with Gasteiger partial charge in [0.1, 0.15) is 0 Å². The molecule has 0 aliphatic rings. The predicted octanol–water partition coefficient (Wildman–Crippen LogP) is 4.64. The average Bonchev–Trinajstić information content (AvgIpc) is 3.04. The molecule has 0 saturated heterocycles. The lowest BCUT2D eigenvalue weighted by Crippen LogP contribution is -2.23. The second-order valence-electron chi connectivity index (χ2n) is 5.53. The van der Waals surface area contributed by atoms with Gasteiger partial charge in [0.15, 0.2) is 6.61 Å². The van der Waals surface area contributed by atoms with Crippen LogP contribution in [0.4, 0.5) is 18.9 Å². The number of H-pyrrole nitrogens is 1. The number of carbonyl (C=O) groups is 2. The molecule has 0 unspecified atom stereocenters. The van der Waals surface area contributed by atoms with Crippen LogP contribution in [0.15, 0.2) is 48.7 Å². The summed E-state index contributed by atoms with van der Waals surface area (Å²) in [6.45, 7) is -0.763. The van der Waals surface area contributed by atoms with Crippen molar-refractivity contribution in [1.29, 1.82) is 0 Å². The molecule has 0 fully saturated rings. The Morgan fingerprint density at radius 1 is 1.11 bits per heavy atom. The van der Waals surface area contributed by atoms with Gasteiger partial charge in [-0.3, -0.25) is 4.79 Å². The summed E-state index contributed by atoms with van der Waals surface area (Å²) >= 11 is 5.76. The molecule has 2 aromatic carbocycles. The number of carbonyl (C=O) groups excluding carboxylic acids is 2. The number of nitrogens with one attached hydrogen (secondary N) is 2. The van der Waals surface area contributed by atoms with Crippen molar-refractivity contribution in [1.82, 2.24) is 4.98 Å². The molecule has 0 bridgehead atoms. The van der Waals surface area contributed by atoms with E-state index in [9.17, 15) is 22.8 Å². The number of aromatic amines is 1. The molecule has 1 heterocycles. The zero-order valence-electron chi connectivity index (χ0n) is 13.6. The molecule has 0 aliphatic heterocycles. The van der Waals surface area contributed by atoms with Gasteiger partial charge in [0.25, 0.3) is 5.91 Å². The number of esters is 1. The van der Waals surface area contributed by atoms with Crippen molar-refractivity contribution in [2.75, 3.05) is 11.9 Å². The Hall–Kier alpha value is -3.00. The Labute approximate surface area is 156 Å². The van der Waals surface area contributed by atoms with Crippen molar-refractivity contribution in [3.8, 4) is 0 Å². The summed E-state index contributed by atoms with van der Waals surface area (Å²) < 4.78 is 44.0. The van der Waals surface area contributed by atoms with Crippen LogP contribution in [0.3, 0.4) is 0 Å². The lowest BCUT2D eigenvalue weighted by atomic mass is 10.1. The van der Waals surface area contributed by atoms with Crippen LogP contribution >= 0.6 is 11.6 Å². The lowest BCUT2D eigenvalue weighted by Gasteiger charge is -2.15. The summed E-state index contributed by atoms with van der Waals surface area (Å²) in [6.07, 6.45) is -3.27. The Bertz CT molecular complexity index is 1010. The largest absolute Gasteiger partial charge is 0.452 e. The van der Waals surface area contributed by atoms with Crippen molar-refractivity contribution in [2.24, 2.45) is 0 Å². The smallest absolute Gasteiger partial charge is 0.418 e. The molecule has 3 rings (SSSR count). The summed E-state index contributed by atoms with van der Waals surface area (Å²) in [5, 5.41) is 2.38. The number of halogens is 4. The van der Waals surface area contributed by atoms with E-state index < -0.39 is 35.9 Å². The number of alkyl halides is 3. The van der Waals surface area contributed by atoms with Gasteiger partial charge < -0.3 is 15.0 Å². The van der Waals surface area contributed by atoms with E-state index in [4.69, 9.17) is 16.3 Å². The minimum atomic E-state index is -4.70. The van der Waals surface area contributed by atoms with E-state index in [-0.39, 0.29) is 10.6 Å². The van der Waals surface area contributed by atoms with Crippen LogP contribution in [0.1, 0.15) is 15.9 Å². The molecule has 2 N–H and O–H groups in total. The van der Waals surface area contributed by atoms with E-state index in [0.29, 0.717) is 10.9 Å². The number of amides is 1. The zero-order chi connectivity index (χ0) is 19.6. The molecular weight excluding hydrogens is 385 g/mol. The van der Waals surface area contributed by atoms with Crippen LogP contribution in [0.2, 0.25) is 5.02 Å². The first-order valence-electron chi connectivity index (χ1n) is 7.66. The fraction of sp³-hybridized carbons (Fsp3) is 0.111. The number of anilines is 1. The van der Waals surface area contributed by atoms with E-state index in [1.165, 1.54) is 12.3 Å². The quantitative estimate of drug-likeness (QED) is 0.631. The third-order valence-corrected chi connectivity index (χ3v) is 4.04. The summed E-state index contributed by atoms with van der Waals surface area (Å²) in [5.74, 6) is -1.72. The molecule has 5 nitrogen and oxygen atoms in total. The number of fused-ring (bicyclic) bond motifs is 1. The van der Waals surface area contributed by atoms with Gasteiger partial charge in [0.05, 0.1) is 21.8 Å². The third kappa shape index (κ3) is 4.06. The van der Waals surface area contributed by atoms with Gasteiger partial charge in [-0.25, -0.2) is 4.79 Å². The third-order valence-electron chi connectivity index (χ3n) is 3.73. The van der Waals surface area contributed by atoms with Crippen LogP contribution in [-0.2, 0) is 15.7 Å². The van der Waals surface area contributed by atoms with E-state index in [1.807, 2.05) is 5.32 Å². The minimum Gasteiger partial charge on any atom is -0.452 e. The fourth-order valence-electron chi connectivity index (χ4n) is 2.51. The van der Waals surface area contributed by atoms with Crippen molar-refractivity contribution in [3.05, 3.63) is 64.8 Å².